The van der Waals surface area contributed by atoms with Gasteiger partial charge in [0.25, 0.3) is 0 Å². The monoisotopic (exact) mass is 403 g/mol. The first-order valence-electron chi connectivity index (χ1n) is 9.70. The number of thiocarbonyl (C=S) groups is 1. The number of amides is 1. The number of hydrogen-bond acceptors (Lipinski definition) is 4. The molecule has 6 nitrogen and oxygen atoms in total. The van der Waals surface area contributed by atoms with Crippen LogP contribution in [-0.2, 0) is 14.3 Å². The Balaban J connectivity index is 2.28. The molecule has 1 aliphatic heterocycles. The third-order valence-corrected chi connectivity index (χ3v) is 5.15. The number of nitrogens with zero attached hydrogens (tertiary/aromatic N) is 1. The van der Waals surface area contributed by atoms with Crippen LogP contribution in [-0.4, -0.2) is 35.5 Å². The molecule has 0 unspecified atom stereocenters. The second-order valence-electron chi connectivity index (χ2n) is 6.79. The lowest BCUT2D eigenvalue weighted by Gasteiger charge is -2.35. The summed E-state index contributed by atoms with van der Waals surface area (Å²) in [4.78, 5) is 26.5. The molecule has 0 aromatic heterocycles. The maximum atomic E-state index is 12.6. The number of esters is 1. The van der Waals surface area contributed by atoms with Crippen LogP contribution in [0.25, 0.3) is 0 Å². The molecule has 0 aliphatic carbocycles. The third kappa shape index (κ3) is 5.32. The van der Waals surface area contributed by atoms with Gasteiger partial charge in [-0.05, 0) is 50.2 Å². The maximum Gasteiger partial charge on any atom is 0.338 e. The predicted molar refractivity (Wildman–Crippen MR) is 115 cm³/mol. The Morgan fingerprint density at radius 1 is 1.29 bits per heavy atom. The van der Waals surface area contributed by atoms with E-state index in [2.05, 4.69) is 17.6 Å². The number of benzene rings is 1. The molecule has 1 aliphatic rings. The third-order valence-electron chi connectivity index (χ3n) is 4.76. The lowest BCUT2D eigenvalue weighted by atomic mass is 9.95. The fourth-order valence-electron chi connectivity index (χ4n) is 3.11. The minimum atomic E-state index is -0.431. The van der Waals surface area contributed by atoms with Gasteiger partial charge in [-0.15, -0.1) is 0 Å². The first-order chi connectivity index (χ1) is 13.4. The lowest BCUT2D eigenvalue weighted by Crippen LogP contribution is -2.46. The number of allylic oxidation sites excluding steroid dienone is 1. The van der Waals surface area contributed by atoms with Crippen LogP contribution in [0.3, 0.4) is 0 Å². The van der Waals surface area contributed by atoms with E-state index in [1.165, 1.54) is 0 Å². The number of carbonyl (C=O) groups is 2. The molecule has 152 valence electrons. The first kappa shape index (κ1) is 21.9. The van der Waals surface area contributed by atoms with E-state index in [0.29, 0.717) is 29.4 Å². The van der Waals surface area contributed by atoms with Gasteiger partial charge in [0.05, 0.1) is 18.2 Å². The van der Waals surface area contributed by atoms with Gasteiger partial charge in [-0.1, -0.05) is 31.9 Å². The van der Waals surface area contributed by atoms with Gasteiger partial charge in [0.2, 0.25) is 5.91 Å². The zero-order valence-corrected chi connectivity index (χ0v) is 17.8. The second kappa shape index (κ2) is 10.2. The van der Waals surface area contributed by atoms with Crippen molar-refractivity contribution in [3.8, 4) is 0 Å². The van der Waals surface area contributed by atoms with E-state index in [1.54, 1.807) is 11.8 Å². The Bertz CT molecular complexity index is 776. The molecule has 0 saturated carbocycles. The number of nitrogens with one attached hydrogen (secondary N) is 2. The zero-order chi connectivity index (χ0) is 20.7. The normalized spacial score (nSPS) is 16.6. The van der Waals surface area contributed by atoms with Crippen molar-refractivity contribution >= 4 is 34.9 Å². The van der Waals surface area contributed by atoms with Crippen molar-refractivity contribution in [2.45, 2.75) is 52.5 Å². The zero-order valence-electron chi connectivity index (χ0n) is 17.0. The van der Waals surface area contributed by atoms with Crippen molar-refractivity contribution in [1.29, 1.82) is 0 Å². The molecule has 1 heterocycles. The van der Waals surface area contributed by atoms with Crippen LogP contribution >= 0.6 is 12.2 Å². The van der Waals surface area contributed by atoms with E-state index in [9.17, 15) is 9.59 Å². The SMILES string of the molecule is CCCCCC(=O)Nc1cccc([C@H]2NC(=S)N(C)C(C)=C2C(=O)OCC)c1. The van der Waals surface area contributed by atoms with E-state index >= 15 is 0 Å². The molecular weight excluding hydrogens is 374 g/mol. The molecule has 1 aromatic rings. The number of hydrogen-bond donors (Lipinski definition) is 2. The summed E-state index contributed by atoms with van der Waals surface area (Å²) >= 11 is 5.41. The lowest BCUT2D eigenvalue weighted by molar-refractivity contribution is -0.139. The van der Waals surface area contributed by atoms with Crippen LogP contribution in [0.1, 0.15) is 58.1 Å². The summed E-state index contributed by atoms with van der Waals surface area (Å²) in [6.07, 6.45) is 3.49. The number of ether oxygens (including phenoxy) is 1. The highest BCUT2D eigenvalue weighted by atomic mass is 32.1. The maximum absolute atomic E-state index is 12.6. The van der Waals surface area contributed by atoms with E-state index in [1.807, 2.05) is 38.2 Å². The Morgan fingerprint density at radius 3 is 2.71 bits per heavy atom. The highest BCUT2D eigenvalue weighted by Gasteiger charge is 2.33. The van der Waals surface area contributed by atoms with E-state index < -0.39 is 6.04 Å². The largest absolute Gasteiger partial charge is 0.463 e. The highest BCUT2D eigenvalue weighted by molar-refractivity contribution is 7.80. The number of anilines is 1. The highest BCUT2D eigenvalue weighted by Crippen LogP contribution is 2.31. The van der Waals surface area contributed by atoms with E-state index in [0.717, 1.165) is 30.5 Å². The molecule has 0 fully saturated rings. The van der Waals surface area contributed by atoms with Gasteiger partial charge in [0.15, 0.2) is 5.11 Å². The van der Waals surface area contributed by atoms with Crippen molar-refractivity contribution in [3.05, 3.63) is 41.1 Å². The fourth-order valence-corrected chi connectivity index (χ4v) is 3.37. The molecule has 0 radical (unpaired) electrons. The van der Waals surface area contributed by atoms with Crippen molar-refractivity contribution in [2.24, 2.45) is 0 Å². The average Bonchev–Trinajstić information content (AvgIpc) is 2.66. The summed E-state index contributed by atoms with van der Waals surface area (Å²) in [5.74, 6) is -0.379. The molecule has 7 heteroatoms. The molecule has 1 amide bonds. The number of unbranched alkanes of at least 4 members (excludes halogenated alkanes) is 2. The standard InChI is InChI=1S/C21H29N3O3S/c1-5-7-8-12-17(25)22-16-11-9-10-15(13-16)19-18(20(26)27-6-2)14(3)24(4)21(28)23-19/h9-11,13,19H,5-8,12H2,1-4H3,(H,22,25)(H,23,28)/t19-/m1/s1. The van der Waals surface area contributed by atoms with E-state index in [-0.39, 0.29) is 11.9 Å². The van der Waals surface area contributed by atoms with E-state index in [4.69, 9.17) is 17.0 Å². The minimum absolute atomic E-state index is 0.00482. The molecule has 0 saturated heterocycles. The first-order valence-corrected chi connectivity index (χ1v) is 10.1. The molecule has 2 rings (SSSR count). The van der Waals surface area contributed by atoms with Gasteiger partial charge >= 0.3 is 5.97 Å². The topological polar surface area (TPSA) is 70.7 Å². The summed E-state index contributed by atoms with van der Waals surface area (Å²) in [7, 11) is 1.81. The van der Waals surface area contributed by atoms with Crippen LogP contribution in [0.15, 0.2) is 35.5 Å². The van der Waals surface area contributed by atoms with Gasteiger partial charge in [-0.3, -0.25) is 4.79 Å². The van der Waals surface area contributed by atoms with Crippen molar-refractivity contribution in [2.75, 3.05) is 19.0 Å². The predicted octanol–water partition coefficient (Wildman–Crippen LogP) is 3.90. The molecule has 0 bridgehead atoms. The van der Waals surface area contributed by atoms with Crippen molar-refractivity contribution in [1.82, 2.24) is 10.2 Å². The van der Waals surface area contributed by atoms with Crippen LogP contribution in [0.4, 0.5) is 5.69 Å². The van der Waals surface area contributed by atoms with Crippen LogP contribution < -0.4 is 10.6 Å². The smallest absolute Gasteiger partial charge is 0.338 e. The molecular formula is C21H29N3O3S. The summed E-state index contributed by atoms with van der Waals surface area (Å²) < 4.78 is 5.26. The Morgan fingerprint density at radius 2 is 2.04 bits per heavy atom. The minimum Gasteiger partial charge on any atom is -0.463 e. The van der Waals surface area contributed by atoms with Gasteiger partial charge < -0.3 is 20.3 Å². The fraction of sp³-hybridized carbons (Fsp3) is 0.476. The Hall–Kier alpha value is -2.41. The summed E-state index contributed by atoms with van der Waals surface area (Å²) in [6.45, 7) is 6.04. The van der Waals surface area contributed by atoms with Gasteiger partial charge in [-0.2, -0.15) is 0 Å². The summed E-state index contributed by atoms with van der Waals surface area (Å²) in [6, 6.07) is 7.05. The Kier molecular flexibility index (Phi) is 7.99. The van der Waals surface area contributed by atoms with Gasteiger partial charge in [-0.25, -0.2) is 4.79 Å². The van der Waals surface area contributed by atoms with Crippen LogP contribution in [0.5, 0.6) is 0 Å². The quantitative estimate of drug-likeness (QED) is 0.390. The molecule has 0 spiro atoms. The second-order valence-corrected chi connectivity index (χ2v) is 7.18. The van der Waals surface area contributed by atoms with Crippen LogP contribution in [0.2, 0.25) is 0 Å². The van der Waals surface area contributed by atoms with Crippen molar-refractivity contribution in [3.63, 3.8) is 0 Å². The van der Waals surface area contributed by atoms with Crippen LogP contribution in [0, 0.1) is 0 Å². The molecule has 2 N–H and O–H groups in total. The number of carbonyl (C=O) groups excluding carboxylic acids is 2. The van der Waals surface area contributed by atoms with Crippen molar-refractivity contribution < 1.29 is 14.3 Å². The summed E-state index contributed by atoms with van der Waals surface area (Å²) in [5.41, 5.74) is 2.81. The summed E-state index contributed by atoms with van der Waals surface area (Å²) in [5, 5.41) is 6.68. The number of rotatable bonds is 8. The molecule has 1 atom stereocenters. The molecule has 1 aromatic carbocycles. The Labute approximate surface area is 172 Å². The van der Waals surface area contributed by atoms with Gasteiger partial charge in [0.1, 0.15) is 0 Å². The van der Waals surface area contributed by atoms with Gasteiger partial charge in [0, 0.05) is 24.9 Å². The average molecular weight is 404 g/mol. The molecule has 28 heavy (non-hydrogen) atoms.